The first-order chi connectivity index (χ1) is 10.1. The number of aromatic nitrogens is 1. The topological polar surface area (TPSA) is 56.4 Å². The highest BCUT2D eigenvalue weighted by atomic mass is 19.4. The van der Waals surface area contributed by atoms with E-state index in [0.717, 1.165) is 0 Å². The van der Waals surface area contributed by atoms with Crippen LogP contribution in [0.3, 0.4) is 0 Å². The summed E-state index contributed by atoms with van der Waals surface area (Å²) in [4.78, 5) is 25.4. The SMILES string of the molecule is CC(=O)N(c1ccc2[nH]c(=O)cc(C(F)(F)F)c2c1)N(C)C. The maximum absolute atomic E-state index is 13.1. The Balaban J connectivity index is 2.75. The van der Waals surface area contributed by atoms with Crippen LogP contribution >= 0.6 is 0 Å². The summed E-state index contributed by atoms with van der Waals surface area (Å²) in [6, 6.07) is 4.57. The summed E-state index contributed by atoms with van der Waals surface area (Å²) in [6.45, 7) is 1.31. The van der Waals surface area contributed by atoms with Gasteiger partial charge in [0.25, 0.3) is 0 Å². The fourth-order valence-electron chi connectivity index (χ4n) is 2.30. The van der Waals surface area contributed by atoms with Crippen molar-refractivity contribution in [2.24, 2.45) is 0 Å². The zero-order valence-corrected chi connectivity index (χ0v) is 12.2. The molecule has 1 N–H and O–H groups in total. The number of rotatable bonds is 2. The Kier molecular flexibility index (Phi) is 3.97. The van der Waals surface area contributed by atoms with Gasteiger partial charge in [-0.1, -0.05) is 0 Å². The first-order valence-corrected chi connectivity index (χ1v) is 6.33. The highest BCUT2D eigenvalue weighted by Crippen LogP contribution is 2.34. The van der Waals surface area contributed by atoms with E-state index in [4.69, 9.17) is 0 Å². The number of carbonyl (C=O) groups excluding carboxylic acids is 1. The number of anilines is 1. The van der Waals surface area contributed by atoms with Crippen LogP contribution in [0.4, 0.5) is 18.9 Å². The third-order valence-electron chi connectivity index (χ3n) is 3.07. The molecule has 0 saturated heterocycles. The van der Waals surface area contributed by atoms with Crippen molar-refractivity contribution < 1.29 is 18.0 Å². The van der Waals surface area contributed by atoms with Gasteiger partial charge in [-0.3, -0.25) is 9.59 Å². The van der Waals surface area contributed by atoms with E-state index in [1.807, 2.05) is 0 Å². The van der Waals surface area contributed by atoms with Crippen molar-refractivity contribution in [1.29, 1.82) is 0 Å². The molecule has 0 aliphatic carbocycles. The molecule has 2 rings (SSSR count). The molecule has 2 aromatic rings. The molecule has 8 heteroatoms. The molecule has 118 valence electrons. The van der Waals surface area contributed by atoms with Crippen molar-refractivity contribution in [3.05, 3.63) is 40.2 Å². The molecule has 0 bridgehead atoms. The zero-order chi connectivity index (χ0) is 16.7. The molecule has 0 aliphatic rings. The molecule has 0 spiro atoms. The molecule has 0 radical (unpaired) electrons. The van der Waals surface area contributed by atoms with Crippen LogP contribution in [0.1, 0.15) is 12.5 Å². The van der Waals surface area contributed by atoms with E-state index < -0.39 is 17.3 Å². The van der Waals surface area contributed by atoms with Gasteiger partial charge >= 0.3 is 6.18 Å². The fourth-order valence-corrected chi connectivity index (χ4v) is 2.30. The highest BCUT2D eigenvalue weighted by Gasteiger charge is 2.33. The summed E-state index contributed by atoms with van der Waals surface area (Å²) in [6.07, 6.45) is -4.66. The smallest absolute Gasteiger partial charge is 0.322 e. The van der Waals surface area contributed by atoms with E-state index in [0.29, 0.717) is 6.07 Å². The molecular weight excluding hydrogens is 299 g/mol. The number of fused-ring (bicyclic) bond motifs is 1. The molecule has 0 aliphatic heterocycles. The summed E-state index contributed by atoms with van der Waals surface area (Å²) >= 11 is 0. The third-order valence-corrected chi connectivity index (χ3v) is 3.07. The van der Waals surface area contributed by atoms with Gasteiger partial charge in [0, 0.05) is 38.0 Å². The van der Waals surface area contributed by atoms with Gasteiger partial charge in [-0.15, -0.1) is 0 Å². The molecule has 22 heavy (non-hydrogen) atoms. The van der Waals surface area contributed by atoms with Crippen molar-refractivity contribution in [3.8, 4) is 0 Å². The number of hydrogen-bond donors (Lipinski definition) is 1. The quantitative estimate of drug-likeness (QED) is 0.866. The fraction of sp³-hybridized carbons (Fsp3) is 0.286. The van der Waals surface area contributed by atoms with Gasteiger partial charge in [0.1, 0.15) is 0 Å². The number of benzene rings is 1. The molecule has 0 unspecified atom stereocenters. The lowest BCUT2D eigenvalue weighted by Gasteiger charge is -2.28. The summed E-state index contributed by atoms with van der Waals surface area (Å²) < 4.78 is 39.3. The summed E-state index contributed by atoms with van der Waals surface area (Å²) in [5.41, 5.74) is -1.52. The molecule has 0 fully saturated rings. The Morgan fingerprint density at radius 3 is 2.32 bits per heavy atom. The zero-order valence-electron chi connectivity index (χ0n) is 12.2. The summed E-state index contributed by atoms with van der Waals surface area (Å²) in [5.74, 6) is -0.345. The minimum Gasteiger partial charge on any atom is -0.322 e. The Labute approximate surface area is 123 Å². The van der Waals surface area contributed by atoms with Crippen LogP contribution in [0, 0.1) is 0 Å². The van der Waals surface area contributed by atoms with E-state index >= 15 is 0 Å². The molecule has 1 aromatic carbocycles. The number of alkyl halides is 3. The third kappa shape index (κ3) is 2.96. The van der Waals surface area contributed by atoms with Gasteiger partial charge in [0.2, 0.25) is 11.5 Å². The van der Waals surface area contributed by atoms with Crippen LogP contribution in [-0.4, -0.2) is 30.0 Å². The number of pyridine rings is 1. The molecule has 0 saturated carbocycles. The predicted octanol–water partition coefficient (Wildman–Crippen LogP) is 2.38. The van der Waals surface area contributed by atoms with E-state index in [9.17, 15) is 22.8 Å². The van der Waals surface area contributed by atoms with Gasteiger partial charge in [-0.05, 0) is 18.2 Å². The number of hydrogen-bond acceptors (Lipinski definition) is 3. The van der Waals surface area contributed by atoms with E-state index in [1.54, 1.807) is 14.1 Å². The maximum Gasteiger partial charge on any atom is 0.417 e. The molecule has 0 atom stereocenters. The normalized spacial score (nSPS) is 12.0. The summed E-state index contributed by atoms with van der Waals surface area (Å²) in [7, 11) is 3.20. The highest BCUT2D eigenvalue weighted by molar-refractivity contribution is 5.94. The Morgan fingerprint density at radius 2 is 1.82 bits per heavy atom. The van der Waals surface area contributed by atoms with E-state index in [-0.39, 0.29) is 22.5 Å². The predicted molar refractivity (Wildman–Crippen MR) is 76.4 cm³/mol. The van der Waals surface area contributed by atoms with Crippen LogP contribution < -0.4 is 10.6 Å². The number of nitrogens with zero attached hydrogens (tertiary/aromatic N) is 2. The van der Waals surface area contributed by atoms with E-state index in [1.165, 1.54) is 35.1 Å². The number of H-pyrrole nitrogens is 1. The lowest BCUT2D eigenvalue weighted by Crippen LogP contribution is -2.40. The lowest BCUT2D eigenvalue weighted by atomic mass is 10.1. The molecule has 1 heterocycles. The van der Waals surface area contributed by atoms with Crippen molar-refractivity contribution >= 4 is 22.5 Å². The van der Waals surface area contributed by atoms with Crippen LogP contribution in [0.2, 0.25) is 0 Å². The molecular formula is C14H14F3N3O2. The van der Waals surface area contributed by atoms with Crippen LogP contribution in [-0.2, 0) is 11.0 Å². The van der Waals surface area contributed by atoms with Gasteiger partial charge in [-0.2, -0.15) is 13.2 Å². The summed E-state index contributed by atoms with van der Waals surface area (Å²) in [5, 5.41) is 2.52. The first-order valence-electron chi connectivity index (χ1n) is 6.33. The number of halogens is 3. The second kappa shape index (κ2) is 5.45. The largest absolute Gasteiger partial charge is 0.417 e. The van der Waals surface area contributed by atoms with Crippen LogP contribution in [0.25, 0.3) is 10.9 Å². The number of amides is 1. The standard InChI is InChI=1S/C14H14F3N3O2/c1-8(21)20(19(2)3)9-4-5-12-10(6-9)11(14(15,16)17)7-13(22)18-12/h4-7H,1-3H3,(H,18,22). The molecule has 5 nitrogen and oxygen atoms in total. The van der Waals surface area contributed by atoms with Gasteiger partial charge < -0.3 is 4.98 Å². The van der Waals surface area contributed by atoms with Crippen LogP contribution in [0.5, 0.6) is 0 Å². The second-order valence-electron chi connectivity index (χ2n) is 4.95. The minimum atomic E-state index is -4.66. The Bertz CT molecular complexity index is 781. The van der Waals surface area contributed by atoms with Crippen LogP contribution in [0.15, 0.2) is 29.1 Å². The van der Waals surface area contributed by atoms with Crippen molar-refractivity contribution in [3.63, 3.8) is 0 Å². The number of hydrazine groups is 1. The van der Waals surface area contributed by atoms with Crippen molar-refractivity contribution in [2.75, 3.05) is 19.1 Å². The number of carbonyl (C=O) groups is 1. The monoisotopic (exact) mass is 313 g/mol. The average Bonchev–Trinajstić information content (AvgIpc) is 2.36. The van der Waals surface area contributed by atoms with E-state index in [2.05, 4.69) is 4.98 Å². The molecule has 1 aromatic heterocycles. The second-order valence-corrected chi connectivity index (χ2v) is 4.95. The minimum absolute atomic E-state index is 0.0610. The number of nitrogens with one attached hydrogen (secondary N) is 1. The van der Waals surface area contributed by atoms with Crippen molar-refractivity contribution in [2.45, 2.75) is 13.1 Å². The average molecular weight is 313 g/mol. The maximum atomic E-state index is 13.1. The van der Waals surface area contributed by atoms with Gasteiger partial charge in [-0.25, -0.2) is 10.0 Å². The van der Waals surface area contributed by atoms with Gasteiger partial charge in [0.15, 0.2) is 0 Å². The number of aromatic amines is 1. The Morgan fingerprint density at radius 1 is 1.18 bits per heavy atom. The van der Waals surface area contributed by atoms with Crippen molar-refractivity contribution in [1.82, 2.24) is 9.99 Å². The Hall–Kier alpha value is -2.35. The first kappa shape index (κ1) is 16.0. The van der Waals surface area contributed by atoms with Gasteiger partial charge in [0.05, 0.1) is 11.3 Å². The lowest BCUT2D eigenvalue weighted by molar-refractivity contribution is -0.136. The molecule has 1 amide bonds.